The molecule has 1 heterocycles. The third kappa shape index (κ3) is 5.32. The molecule has 0 spiro atoms. The van der Waals surface area contributed by atoms with Gasteiger partial charge in [0.2, 0.25) is 21.7 Å². The first-order valence-electron chi connectivity index (χ1n) is 10.2. The molecule has 0 saturated carbocycles. The average molecular weight is 465 g/mol. The number of ether oxygens (including phenoxy) is 3. The van der Waals surface area contributed by atoms with E-state index in [9.17, 15) is 18.3 Å². The van der Waals surface area contributed by atoms with Crippen LogP contribution in [0.3, 0.4) is 0 Å². The Morgan fingerprint density at radius 3 is 2.41 bits per heavy atom. The van der Waals surface area contributed by atoms with Gasteiger partial charge in [0.1, 0.15) is 18.8 Å². The molecular formula is C22H28N2O7S. The van der Waals surface area contributed by atoms with E-state index in [1.807, 2.05) is 0 Å². The molecule has 3 rings (SSSR count). The second-order valence-corrected chi connectivity index (χ2v) is 9.18. The van der Waals surface area contributed by atoms with E-state index in [2.05, 4.69) is 5.32 Å². The summed E-state index contributed by atoms with van der Waals surface area (Å²) in [7, 11) is -0.785. The summed E-state index contributed by atoms with van der Waals surface area (Å²) in [4.78, 5) is 12.9. The number of hydrogen-bond acceptors (Lipinski definition) is 7. The maximum Gasteiger partial charge on any atom is 0.243 e. The largest absolute Gasteiger partial charge is 0.493 e. The number of aliphatic hydroxyl groups is 1. The molecule has 1 aliphatic heterocycles. The van der Waals surface area contributed by atoms with Gasteiger partial charge in [-0.05, 0) is 37.1 Å². The van der Waals surface area contributed by atoms with Crippen molar-refractivity contribution in [1.29, 1.82) is 0 Å². The summed E-state index contributed by atoms with van der Waals surface area (Å²) in [5.74, 6) is 0.802. The van der Waals surface area contributed by atoms with E-state index in [4.69, 9.17) is 14.2 Å². The highest BCUT2D eigenvalue weighted by atomic mass is 32.2. The SMILES string of the molecule is COc1cccc(OC)c1OCC(O)CNC(=O)C1CCCN1S(=O)(=O)c1ccccc1. The van der Waals surface area contributed by atoms with Crippen LogP contribution in [0.15, 0.2) is 53.4 Å². The Morgan fingerprint density at radius 2 is 1.78 bits per heavy atom. The summed E-state index contributed by atoms with van der Waals surface area (Å²) in [6.45, 7) is 0.0638. The van der Waals surface area contributed by atoms with Gasteiger partial charge in [0.25, 0.3) is 0 Å². The number of nitrogens with zero attached hydrogens (tertiary/aromatic N) is 1. The van der Waals surface area contributed by atoms with Gasteiger partial charge in [-0.25, -0.2) is 8.42 Å². The molecule has 0 bridgehead atoms. The summed E-state index contributed by atoms with van der Waals surface area (Å²) in [5, 5.41) is 12.9. The summed E-state index contributed by atoms with van der Waals surface area (Å²) < 4.78 is 43.2. The summed E-state index contributed by atoms with van der Waals surface area (Å²) in [6.07, 6.45) is -0.0130. The second-order valence-electron chi connectivity index (χ2n) is 7.29. The standard InChI is InChI=1S/C22H28N2O7S/c1-29-19-11-6-12-20(30-2)21(19)31-15-16(25)14-23-22(26)18-10-7-13-24(18)32(27,28)17-8-4-3-5-9-17/h3-6,8-9,11-12,16,18,25H,7,10,13-15H2,1-2H3,(H,23,26). The topological polar surface area (TPSA) is 114 Å². The third-order valence-corrected chi connectivity index (χ3v) is 7.09. The molecule has 0 aliphatic carbocycles. The van der Waals surface area contributed by atoms with Crippen LogP contribution in [0.4, 0.5) is 0 Å². The summed E-state index contributed by atoms with van der Waals surface area (Å²) in [5.41, 5.74) is 0. The van der Waals surface area contributed by atoms with Crippen molar-refractivity contribution in [1.82, 2.24) is 9.62 Å². The van der Waals surface area contributed by atoms with Crippen LogP contribution < -0.4 is 19.5 Å². The number of rotatable bonds is 10. The zero-order valence-electron chi connectivity index (χ0n) is 18.1. The number of sulfonamides is 1. The molecule has 2 aromatic carbocycles. The lowest BCUT2D eigenvalue weighted by Gasteiger charge is -2.24. The van der Waals surface area contributed by atoms with Crippen LogP contribution in [-0.4, -0.2) is 69.8 Å². The smallest absolute Gasteiger partial charge is 0.243 e. The first-order chi connectivity index (χ1) is 15.4. The molecule has 1 fully saturated rings. The van der Waals surface area contributed by atoms with E-state index in [1.54, 1.807) is 36.4 Å². The molecule has 2 unspecified atom stereocenters. The Hall–Kier alpha value is -2.82. The molecule has 2 atom stereocenters. The number of para-hydroxylation sites is 1. The Bertz CT molecular complexity index is 992. The predicted molar refractivity (Wildman–Crippen MR) is 117 cm³/mol. The number of hydrogen-bond donors (Lipinski definition) is 2. The number of carbonyl (C=O) groups excluding carboxylic acids is 1. The van der Waals surface area contributed by atoms with Crippen LogP contribution in [0.5, 0.6) is 17.2 Å². The first kappa shape index (κ1) is 23.8. The molecule has 1 aliphatic rings. The fourth-order valence-corrected chi connectivity index (χ4v) is 5.23. The van der Waals surface area contributed by atoms with Crippen LogP contribution in [0.25, 0.3) is 0 Å². The number of methoxy groups -OCH3 is 2. The van der Waals surface area contributed by atoms with E-state index >= 15 is 0 Å². The molecule has 32 heavy (non-hydrogen) atoms. The maximum atomic E-state index is 12.9. The Morgan fingerprint density at radius 1 is 1.12 bits per heavy atom. The molecular weight excluding hydrogens is 436 g/mol. The molecule has 9 nitrogen and oxygen atoms in total. The average Bonchev–Trinajstić information content (AvgIpc) is 3.32. The van der Waals surface area contributed by atoms with Crippen molar-refractivity contribution in [3.63, 3.8) is 0 Å². The van der Waals surface area contributed by atoms with Crippen molar-refractivity contribution in [3.05, 3.63) is 48.5 Å². The summed E-state index contributed by atoms with van der Waals surface area (Å²) in [6, 6.07) is 12.4. The lowest BCUT2D eigenvalue weighted by molar-refractivity contribution is -0.124. The molecule has 10 heteroatoms. The van der Waals surface area contributed by atoms with Crippen LogP contribution in [0.1, 0.15) is 12.8 Å². The third-order valence-electron chi connectivity index (χ3n) is 5.17. The van der Waals surface area contributed by atoms with Crippen LogP contribution in [-0.2, 0) is 14.8 Å². The fourth-order valence-electron chi connectivity index (χ4n) is 3.55. The zero-order chi connectivity index (χ0) is 23.1. The zero-order valence-corrected chi connectivity index (χ0v) is 18.9. The highest BCUT2D eigenvalue weighted by molar-refractivity contribution is 7.89. The van der Waals surface area contributed by atoms with E-state index in [0.29, 0.717) is 30.1 Å². The quantitative estimate of drug-likeness (QED) is 0.546. The minimum atomic E-state index is -3.78. The summed E-state index contributed by atoms with van der Waals surface area (Å²) >= 11 is 0. The van der Waals surface area contributed by atoms with E-state index in [0.717, 1.165) is 0 Å². The molecule has 0 aromatic heterocycles. The molecule has 2 N–H and O–H groups in total. The Balaban J connectivity index is 1.57. The van der Waals surface area contributed by atoms with Gasteiger partial charge in [0, 0.05) is 13.1 Å². The van der Waals surface area contributed by atoms with Crippen molar-refractivity contribution >= 4 is 15.9 Å². The van der Waals surface area contributed by atoms with Gasteiger partial charge in [-0.3, -0.25) is 4.79 Å². The second kappa shape index (κ2) is 10.7. The predicted octanol–water partition coefficient (Wildman–Crippen LogP) is 1.41. The van der Waals surface area contributed by atoms with Crippen molar-refractivity contribution in [2.75, 3.05) is 33.9 Å². The maximum absolute atomic E-state index is 12.9. The Labute approximate surface area is 187 Å². The molecule has 0 radical (unpaired) electrons. The van der Waals surface area contributed by atoms with Gasteiger partial charge in [-0.2, -0.15) is 4.31 Å². The molecule has 1 amide bonds. The minimum Gasteiger partial charge on any atom is -0.493 e. The highest BCUT2D eigenvalue weighted by Crippen LogP contribution is 2.36. The van der Waals surface area contributed by atoms with Gasteiger partial charge >= 0.3 is 0 Å². The van der Waals surface area contributed by atoms with Crippen LogP contribution in [0, 0.1) is 0 Å². The van der Waals surface area contributed by atoms with E-state index in [1.165, 1.54) is 30.7 Å². The van der Waals surface area contributed by atoms with Crippen molar-refractivity contribution in [3.8, 4) is 17.2 Å². The van der Waals surface area contributed by atoms with Gasteiger partial charge in [-0.15, -0.1) is 0 Å². The van der Waals surface area contributed by atoms with Crippen molar-refractivity contribution < 1.29 is 32.5 Å². The lowest BCUT2D eigenvalue weighted by atomic mass is 10.2. The number of carbonyl (C=O) groups is 1. The fraction of sp³-hybridized carbons (Fsp3) is 0.409. The van der Waals surface area contributed by atoms with Crippen molar-refractivity contribution in [2.24, 2.45) is 0 Å². The lowest BCUT2D eigenvalue weighted by Crippen LogP contribution is -2.48. The van der Waals surface area contributed by atoms with E-state index in [-0.39, 0.29) is 24.6 Å². The van der Waals surface area contributed by atoms with Crippen LogP contribution in [0.2, 0.25) is 0 Å². The Kier molecular flexibility index (Phi) is 7.94. The number of benzene rings is 2. The first-order valence-corrected chi connectivity index (χ1v) is 11.7. The number of nitrogens with one attached hydrogen (secondary N) is 1. The monoisotopic (exact) mass is 464 g/mol. The molecule has 2 aromatic rings. The van der Waals surface area contributed by atoms with Crippen molar-refractivity contribution in [2.45, 2.75) is 29.9 Å². The van der Waals surface area contributed by atoms with Gasteiger partial charge in [0.05, 0.1) is 19.1 Å². The van der Waals surface area contributed by atoms with Crippen LogP contribution >= 0.6 is 0 Å². The minimum absolute atomic E-state index is 0.0912. The molecule has 1 saturated heterocycles. The van der Waals surface area contributed by atoms with Gasteiger partial charge < -0.3 is 24.6 Å². The number of amides is 1. The van der Waals surface area contributed by atoms with Gasteiger partial charge in [0.15, 0.2) is 11.5 Å². The van der Waals surface area contributed by atoms with Gasteiger partial charge in [-0.1, -0.05) is 24.3 Å². The number of aliphatic hydroxyl groups excluding tert-OH is 1. The normalized spacial score (nSPS) is 17.5. The molecule has 174 valence electrons. The highest BCUT2D eigenvalue weighted by Gasteiger charge is 2.39. The van der Waals surface area contributed by atoms with E-state index < -0.39 is 28.1 Å².